The van der Waals surface area contributed by atoms with Crippen LogP contribution in [0.1, 0.15) is 37.0 Å². The molecule has 0 spiro atoms. The summed E-state index contributed by atoms with van der Waals surface area (Å²) in [5.74, 6) is -0.294. The molecule has 8 nitrogen and oxygen atoms in total. The van der Waals surface area contributed by atoms with Crippen molar-refractivity contribution in [1.29, 1.82) is 0 Å². The van der Waals surface area contributed by atoms with Crippen molar-refractivity contribution in [1.82, 2.24) is 5.32 Å². The van der Waals surface area contributed by atoms with E-state index in [4.69, 9.17) is 16.5 Å². The molecule has 0 saturated carbocycles. The van der Waals surface area contributed by atoms with Crippen LogP contribution >= 0.6 is 11.6 Å². The SMILES string of the molecule is CCCC(=O)OOc1ccc(S(=O)(=O)c2ccc(C[C@@H](CO)NC[C@H](O)c3cccc(Cl)c3)cc2)cc1. The average molecular weight is 548 g/mol. The molecule has 0 saturated heterocycles. The topological polar surface area (TPSA) is 122 Å². The summed E-state index contributed by atoms with van der Waals surface area (Å²) < 4.78 is 26.0. The molecular formula is C27H30ClNO7S. The number of halogens is 1. The Bertz CT molecular complexity index is 1260. The maximum Gasteiger partial charge on any atom is 0.355 e. The Morgan fingerprint density at radius 1 is 1.03 bits per heavy atom. The first kappa shape index (κ1) is 28.6. The van der Waals surface area contributed by atoms with Crippen LogP contribution < -0.4 is 10.2 Å². The van der Waals surface area contributed by atoms with E-state index in [1.165, 1.54) is 36.4 Å². The number of sulfone groups is 1. The van der Waals surface area contributed by atoms with E-state index < -0.39 is 21.9 Å². The van der Waals surface area contributed by atoms with Gasteiger partial charge in [-0.05, 0) is 72.5 Å². The number of benzene rings is 3. The molecule has 3 aromatic rings. The van der Waals surface area contributed by atoms with E-state index >= 15 is 0 Å². The zero-order valence-corrected chi connectivity index (χ0v) is 21.9. The van der Waals surface area contributed by atoms with E-state index in [1.54, 1.807) is 36.4 Å². The van der Waals surface area contributed by atoms with Crippen LogP contribution in [0.2, 0.25) is 5.02 Å². The van der Waals surface area contributed by atoms with Crippen LogP contribution in [0.4, 0.5) is 0 Å². The van der Waals surface area contributed by atoms with Gasteiger partial charge < -0.3 is 15.5 Å². The fraction of sp³-hybridized carbons (Fsp3) is 0.296. The summed E-state index contributed by atoms with van der Waals surface area (Å²) in [6, 6.07) is 18.6. The average Bonchev–Trinajstić information content (AvgIpc) is 2.90. The summed E-state index contributed by atoms with van der Waals surface area (Å²) in [5.41, 5.74) is 1.49. The summed E-state index contributed by atoms with van der Waals surface area (Å²) in [4.78, 5) is 21.2. The van der Waals surface area contributed by atoms with Gasteiger partial charge in [0.15, 0.2) is 5.75 Å². The van der Waals surface area contributed by atoms with Gasteiger partial charge in [0.05, 0.1) is 22.5 Å². The molecule has 0 radical (unpaired) electrons. The molecule has 0 aliphatic heterocycles. The van der Waals surface area contributed by atoms with E-state index in [9.17, 15) is 23.4 Å². The molecule has 0 fully saturated rings. The molecule has 0 bridgehead atoms. The summed E-state index contributed by atoms with van der Waals surface area (Å²) in [7, 11) is -3.77. The second-order valence-corrected chi connectivity index (χ2v) is 10.9. The highest BCUT2D eigenvalue weighted by molar-refractivity contribution is 7.91. The van der Waals surface area contributed by atoms with Crippen LogP contribution in [0.3, 0.4) is 0 Å². The molecule has 0 heterocycles. The van der Waals surface area contributed by atoms with Crippen molar-refractivity contribution in [3.8, 4) is 5.75 Å². The number of nitrogens with one attached hydrogen (secondary N) is 1. The molecule has 0 unspecified atom stereocenters. The highest BCUT2D eigenvalue weighted by atomic mass is 35.5. The van der Waals surface area contributed by atoms with E-state index in [1.807, 2.05) is 6.92 Å². The predicted octanol–water partition coefficient (Wildman–Crippen LogP) is 4.04. The Balaban J connectivity index is 1.58. The van der Waals surface area contributed by atoms with Crippen molar-refractivity contribution in [3.63, 3.8) is 0 Å². The lowest BCUT2D eigenvalue weighted by molar-refractivity contribution is -0.213. The number of carbonyl (C=O) groups is 1. The van der Waals surface area contributed by atoms with Crippen molar-refractivity contribution >= 4 is 27.4 Å². The molecule has 3 aromatic carbocycles. The lowest BCUT2D eigenvalue weighted by Crippen LogP contribution is -2.37. The van der Waals surface area contributed by atoms with Crippen molar-refractivity contribution in [2.75, 3.05) is 13.2 Å². The molecule has 0 aliphatic rings. The Labute approximate surface area is 221 Å². The second kappa shape index (κ2) is 13.6. The minimum atomic E-state index is -3.77. The van der Waals surface area contributed by atoms with Gasteiger partial charge in [-0.3, -0.25) is 9.78 Å². The van der Waals surface area contributed by atoms with Crippen LogP contribution in [-0.2, 0) is 25.9 Å². The van der Waals surface area contributed by atoms with Crippen LogP contribution in [0.25, 0.3) is 0 Å². The summed E-state index contributed by atoms with van der Waals surface area (Å²) in [6.45, 7) is 1.89. The molecule has 3 rings (SSSR count). The number of hydrogen-bond acceptors (Lipinski definition) is 8. The first-order chi connectivity index (χ1) is 17.7. The van der Waals surface area contributed by atoms with Crippen molar-refractivity contribution in [3.05, 3.63) is 88.9 Å². The third kappa shape index (κ3) is 8.28. The Hall–Kier alpha value is -2.95. The Kier molecular flexibility index (Phi) is 10.5. The zero-order valence-electron chi connectivity index (χ0n) is 20.3. The Morgan fingerprint density at radius 3 is 2.27 bits per heavy atom. The summed E-state index contributed by atoms with van der Waals surface area (Å²) in [6.07, 6.45) is 0.493. The molecule has 198 valence electrons. The highest BCUT2D eigenvalue weighted by Crippen LogP contribution is 2.24. The molecule has 3 N–H and O–H groups in total. The van der Waals surface area contributed by atoms with Gasteiger partial charge >= 0.3 is 5.97 Å². The van der Waals surface area contributed by atoms with Gasteiger partial charge in [0.2, 0.25) is 9.84 Å². The van der Waals surface area contributed by atoms with E-state index in [2.05, 4.69) is 10.2 Å². The third-order valence-corrected chi connectivity index (χ3v) is 7.61. The number of carbonyl (C=O) groups excluding carboxylic acids is 1. The molecule has 0 aromatic heterocycles. The maximum absolute atomic E-state index is 13.0. The molecule has 0 amide bonds. The summed E-state index contributed by atoms with van der Waals surface area (Å²) in [5, 5.41) is 23.8. The number of hydrogen-bond donors (Lipinski definition) is 3. The quantitative estimate of drug-likeness (QED) is 0.216. The predicted molar refractivity (Wildman–Crippen MR) is 139 cm³/mol. The van der Waals surface area contributed by atoms with E-state index in [0.717, 1.165) is 5.56 Å². The number of aliphatic hydroxyl groups excluding tert-OH is 2. The normalized spacial score (nSPS) is 13.1. The van der Waals surface area contributed by atoms with Gasteiger partial charge in [0.1, 0.15) is 0 Å². The molecule has 10 heteroatoms. The minimum Gasteiger partial charge on any atom is -0.395 e. The first-order valence-electron chi connectivity index (χ1n) is 11.8. The largest absolute Gasteiger partial charge is 0.395 e. The van der Waals surface area contributed by atoms with Gasteiger partial charge in [0, 0.05) is 24.0 Å². The van der Waals surface area contributed by atoms with Gasteiger partial charge in [0.25, 0.3) is 0 Å². The molecular weight excluding hydrogens is 518 g/mol. The Morgan fingerprint density at radius 2 is 1.68 bits per heavy atom. The van der Waals surface area contributed by atoms with Crippen molar-refractivity contribution in [2.24, 2.45) is 0 Å². The number of rotatable bonds is 13. The van der Waals surface area contributed by atoms with Gasteiger partial charge in [-0.15, -0.1) is 0 Å². The lowest BCUT2D eigenvalue weighted by atomic mass is 10.1. The molecule has 2 atom stereocenters. The second-order valence-electron chi connectivity index (χ2n) is 8.47. The highest BCUT2D eigenvalue weighted by Gasteiger charge is 2.19. The smallest absolute Gasteiger partial charge is 0.355 e. The monoisotopic (exact) mass is 547 g/mol. The molecule has 37 heavy (non-hydrogen) atoms. The van der Waals surface area contributed by atoms with Crippen molar-refractivity contribution < 1.29 is 33.2 Å². The van der Waals surface area contributed by atoms with E-state index in [0.29, 0.717) is 23.4 Å². The first-order valence-corrected chi connectivity index (χ1v) is 13.7. The maximum atomic E-state index is 13.0. The van der Waals surface area contributed by atoms with Crippen LogP contribution in [-0.4, -0.2) is 43.8 Å². The lowest BCUT2D eigenvalue weighted by Gasteiger charge is -2.19. The summed E-state index contributed by atoms with van der Waals surface area (Å²) >= 11 is 5.97. The van der Waals surface area contributed by atoms with Crippen LogP contribution in [0.5, 0.6) is 5.75 Å². The fourth-order valence-corrected chi connectivity index (χ4v) is 5.01. The van der Waals surface area contributed by atoms with Gasteiger partial charge in [-0.2, -0.15) is 0 Å². The number of aliphatic hydroxyl groups is 2. The standard InChI is InChI=1S/C27H30ClNO7S/c1-2-4-27(32)36-35-23-9-13-25(14-10-23)37(33,34)24-11-7-19(8-12-24)15-22(18-30)29-17-26(31)20-5-3-6-21(28)16-20/h3,5-14,16,22,26,29-31H,2,4,15,17-18H2,1H3/t22-,26-/m0/s1. The van der Waals surface area contributed by atoms with E-state index in [-0.39, 0.29) is 41.2 Å². The molecule has 0 aliphatic carbocycles. The van der Waals surface area contributed by atoms with Crippen LogP contribution in [0, 0.1) is 0 Å². The zero-order chi connectivity index (χ0) is 26.8. The minimum absolute atomic E-state index is 0.0670. The third-order valence-electron chi connectivity index (χ3n) is 5.59. The van der Waals surface area contributed by atoms with Crippen molar-refractivity contribution in [2.45, 2.75) is 48.1 Å². The van der Waals surface area contributed by atoms with Crippen LogP contribution in [0.15, 0.2) is 82.6 Å². The van der Waals surface area contributed by atoms with Gasteiger partial charge in [-0.1, -0.05) is 42.8 Å². The fourth-order valence-electron chi connectivity index (χ4n) is 3.55. The van der Waals surface area contributed by atoms with Gasteiger partial charge in [-0.25, -0.2) is 13.2 Å².